The Kier molecular flexibility index (Phi) is 5.91. The molecule has 1 heterocycles. The summed E-state index contributed by atoms with van der Waals surface area (Å²) in [6.45, 7) is 3.11. The number of carbonyl (C=O) groups is 2. The smallest absolute Gasteiger partial charge is 0.306 e. The van der Waals surface area contributed by atoms with E-state index in [0.717, 1.165) is 13.1 Å². The number of hydrogen-bond donors (Lipinski definition) is 4. The molecule has 0 aromatic carbocycles. The first kappa shape index (κ1) is 16.9. The molecule has 0 spiro atoms. The van der Waals surface area contributed by atoms with Crippen LogP contribution in [-0.2, 0) is 14.3 Å². The van der Waals surface area contributed by atoms with E-state index in [4.69, 9.17) is 9.84 Å². The molecule has 1 saturated heterocycles. The molecule has 1 unspecified atom stereocenters. The van der Waals surface area contributed by atoms with Gasteiger partial charge in [-0.1, -0.05) is 0 Å². The summed E-state index contributed by atoms with van der Waals surface area (Å²) in [5.41, 5.74) is -2.05. The molecule has 7 heteroatoms. The van der Waals surface area contributed by atoms with Crippen molar-refractivity contribution < 1.29 is 24.5 Å². The largest absolute Gasteiger partial charge is 0.481 e. The van der Waals surface area contributed by atoms with Gasteiger partial charge in [0.15, 0.2) is 0 Å². The quantitative estimate of drug-likeness (QED) is 0.495. The molecule has 20 heavy (non-hydrogen) atoms. The molecule has 1 rings (SSSR count). The van der Waals surface area contributed by atoms with Crippen LogP contribution in [0.5, 0.6) is 0 Å². The summed E-state index contributed by atoms with van der Waals surface area (Å²) >= 11 is 0. The van der Waals surface area contributed by atoms with Crippen LogP contribution in [0.4, 0.5) is 0 Å². The van der Waals surface area contributed by atoms with Gasteiger partial charge in [-0.25, -0.2) is 0 Å². The van der Waals surface area contributed by atoms with E-state index in [-0.39, 0.29) is 12.5 Å². The van der Waals surface area contributed by atoms with E-state index in [2.05, 4.69) is 10.6 Å². The number of rotatable bonds is 7. The van der Waals surface area contributed by atoms with E-state index in [1.165, 1.54) is 6.92 Å². The lowest BCUT2D eigenvalue weighted by Crippen LogP contribution is -2.53. The van der Waals surface area contributed by atoms with Gasteiger partial charge in [0, 0.05) is 13.7 Å². The van der Waals surface area contributed by atoms with E-state index in [0.29, 0.717) is 19.4 Å². The van der Waals surface area contributed by atoms with E-state index in [1.807, 2.05) is 0 Å². The summed E-state index contributed by atoms with van der Waals surface area (Å²) in [6, 6.07) is 0. The molecule has 0 radical (unpaired) electrons. The first-order valence-corrected chi connectivity index (χ1v) is 6.73. The minimum absolute atomic E-state index is 0.0863. The molecular weight excluding hydrogens is 264 g/mol. The van der Waals surface area contributed by atoms with Crippen molar-refractivity contribution in [1.29, 1.82) is 0 Å². The third-order valence-electron chi connectivity index (χ3n) is 3.62. The lowest BCUT2D eigenvalue weighted by Gasteiger charge is -2.36. The fourth-order valence-electron chi connectivity index (χ4n) is 2.47. The number of aliphatic carboxylic acids is 1. The number of piperidine rings is 1. The first-order valence-electron chi connectivity index (χ1n) is 6.73. The fraction of sp³-hybridized carbons (Fsp3) is 0.846. The number of amides is 1. The van der Waals surface area contributed by atoms with Gasteiger partial charge in [0.2, 0.25) is 5.91 Å². The van der Waals surface area contributed by atoms with Crippen molar-refractivity contribution in [2.45, 2.75) is 31.8 Å². The molecule has 0 saturated carbocycles. The second-order valence-corrected chi connectivity index (χ2v) is 5.71. The number of hydrogen-bond acceptors (Lipinski definition) is 5. The van der Waals surface area contributed by atoms with Crippen molar-refractivity contribution >= 4 is 11.9 Å². The van der Waals surface area contributed by atoms with E-state index >= 15 is 0 Å². The second-order valence-electron chi connectivity index (χ2n) is 5.71. The van der Waals surface area contributed by atoms with Gasteiger partial charge >= 0.3 is 5.97 Å². The molecular formula is C13H24N2O5. The Morgan fingerprint density at radius 3 is 2.50 bits per heavy atom. The number of methoxy groups -OCH3 is 1. The number of carboxylic acid groups (broad SMARTS) is 1. The average Bonchev–Trinajstić information content (AvgIpc) is 2.36. The van der Waals surface area contributed by atoms with Gasteiger partial charge in [-0.2, -0.15) is 0 Å². The molecule has 1 aliphatic heterocycles. The van der Waals surface area contributed by atoms with Gasteiger partial charge in [0.05, 0.1) is 24.0 Å². The highest BCUT2D eigenvalue weighted by Gasteiger charge is 2.40. The molecule has 1 atom stereocenters. The fourth-order valence-corrected chi connectivity index (χ4v) is 2.47. The Bertz CT molecular complexity index is 345. The summed E-state index contributed by atoms with van der Waals surface area (Å²) in [6.07, 6.45) is 0.910. The van der Waals surface area contributed by atoms with E-state index in [1.54, 1.807) is 7.11 Å². The molecule has 1 fully saturated rings. The predicted octanol–water partition coefficient (Wildman–Crippen LogP) is -0.655. The van der Waals surface area contributed by atoms with Crippen LogP contribution in [0.3, 0.4) is 0 Å². The molecule has 0 aliphatic carbocycles. The Morgan fingerprint density at radius 1 is 1.40 bits per heavy atom. The van der Waals surface area contributed by atoms with Crippen LogP contribution in [0, 0.1) is 5.41 Å². The number of carbonyl (C=O) groups excluding carboxylic acids is 1. The summed E-state index contributed by atoms with van der Waals surface area (Å²) in [5, 5.41) is 24.5. The molecule has 0 aromatic heterocycles. The lowest BCUT2D eigenvalue weighted by molar-refractivity contribution is -0.144. The molecule has 116 valence electrons. The van der Waals surface area contributed by atoms with Gasteiger partial charge in [-0.05, 0) is 32.9 Å². The molecule has 1 amide bonds. The van der Waals surface area contributed by atoms with Gasteiger partial charge in [-0.15, -0.1) is 0 Å². The summed E-state index contributed by atoms with van der Waals surface area (Å²) in [5.74, 6) is -1.29. The van der Waals surface area contributed by atoms with Gasteiger partial charge in [-0.3, -0.25) is 9.59 Å². The average molecular weight is 288 g/mol. The SMILES string of the molecule is COCC1(C(=O)NCC(C)(O)CC(=O)O)CCNCC1. The predicted molar refractivity (Wildman–Crippen MR) is 72.3 cm³/mol. The van der Waals surface area contributed by atoms with Crippen molar-refractivity contribution in [3.8, 4) is 0 Å². The van der Waals surface area contributed by atoms with Crippen LogP contribution in [0.25, 0.3) is 0 Å². The zero-order chi connectivity index (χ0) is 15.2. The Balaban J connectivity index is 2.60. The van der Waals surface area contributed by atoms with Crippen LogP contribution in [0.2, 0.25) is 0 Å². The van der Waals surface area contributed by atoms with Crippen molar-refractivity contribution in [3.05, 3.63) is 0 Å². The molecule has 0 aromatic rings. The molecule has 0 bridgehead atoms. The molecule has 1 aliphatic rings. The zero-order valence-electron chi connectivity index (χ0n) is 12.1. The van der Waals surface area contributed by atoms with Crippen molar-refractivity contribution in [2.75, 3.05) is 33.4 Å². The van der Waals surface area contributed by atoms with Gasteiger partial charge < -0.3 is 25.6 Å². The van der Waals surface area contributed by atoms with E-state index in [9.17, 15) is 14.7 Å². The van der Waals surface area contributed by atoms with Crippen LogP contribution >= 0.6 is 0 Å². The summed E-state index contributed by atoms with van der Waals surface area (Å²) < 4.78 is 5.16. The molecule has 4 N–H and O–H groups in total. The van der Waals surface area contributed by atoms with Gasteiger partial charge in [0.1, 0.15) is 0 Å². The van der Waals surface area contributed by atoms with Crippen LogP contribution in [0.1, 0.15) is 26.2 Å². The highest BCUT2D eigenvalue weighted by Crippen LogP contribution is 2.29. The zero-order valence-corrected chi connectivity index (χ0v) is 12.1. The van der Waals surface area contributed by atoms with E-state index < -0.39 is 23.4 Å². The third kappa shape index (κ3) is 4.73. The third-order valence-corrected chi connectivity index (χ3v) is 3.62. The number of nitrogens with one attached hydrogen (secondary N) is 2. The maximum Gasteiger partial charge on any atom is 0.306 e. The number of carboxylic acids is 1. The second kappa shape index (κ2) is 7.01. The monoisotopic (exact) mass is 288 g/mol. The topological polar surface area (TPSA) is 108 Å². The van der Waals surface area contributed by atoms with Crippen LogP contribution in [-0.4, -0.2) is 61.0 Å². The Labute approximate surface area is 118 Å². The number of aliphatic hydroxyl groups is 1. The van der Waals surface area contributed by atoms with Crippen molar-refractivity contribution in [3.63, 3.8) is 0 Å². The van der Waals surface area contributed by atoms with Crippen molar-refractivity contribution in [1.82, 2.24) is 10.6 Å². The maximum atomic E-state index is 12.4. The molecule has 7 nitrogen and oxygen atoms in total. The standard InChI is InChI=1S/C13H24N2O5/c1-12(19,7-10(16)17)8-15-11(18)13(9-20-2)3-5-14-6-4-13/h14,19H,3-9H2,1-2H3,(H,15,18)(H,16,17). The first-order chi connectivity index (χ1) is 9.31. The number of ether oxygens (including phenoxy) is 1. The Morgan fingerprint density at radius 2 is 2.00 bits per heavy atom. The summed E-state index contributed by atoms with van der Waals surface area (Å²) in [4.78, 5) is 23.0. The normalized spacial score (nSPS) is 20.9. The van der Waals surface area contributed by atoms with Gasteiger partial charge in [0.25, 0.3) is 0 Å². The highest BCUT2D eigenvalue weighted by atomic mass is 16.5. The maximum absolute atomic E-state index is 12.4. The summed E-state index contributed by atoms with van der Waals surface area (Å²) in [7, 11) is 1.55. The highest BCUT2D eigenvalue weighted by molar-refractivity contribution is 5.83. The lowest BCUT2D eigenvalue weighted by atomic mass is 9.78. The minimum atomic E-state index is -1.46. The van der Waals surface area contributed by atoms with Crippen molar-refractivity contribution in [2.24, 2.45) is 5.41 Å². The van der Waals surface area contributed by atoms with Crippen LogP contribution in [0.15, 0.2) is 0 Å². The minimum Gasteiger partial charge on any atom is -0.481 e. The Hall–Kier alpha value is -1.18. The van der Waals surface area contributed by atoms with Crippen LogP contribution < -0.4 is 10.6 Å².